The zero-order valence-corrected chi connectivity index (χ0v) is 27.7. The standard InChI is InChI=1S/C39H32O14/c1-20-35(51-30(45)16-6-21-2-10-24(40)11-3-21)34(48)38(52-31(46)17-7-22-4-12-25(41)13-5-22)39(49-20)53-37-33(47)32-28(44)18-27(43)19-29(32)50-36(37)23-8-14-26(42)15-9-23/h2-20,34-35,38-44,48H,1H3/b16-6+,17-7-/t20-,34+,35-,38+,39-/m0/s1. The molecule has 4 aromatic carbocycles. The first-order valence-corrected chi connectivity index (χ1v) is 16.0. The van der Waals surface area contributed by atoms with Crippen LogP contribution in [0.4, 0.5) is 0 Å². The van der Waals surface area contributed by atoms with Gasteiger partial charge in [0.15, 0.2) is 18.0 Å². The van der Waals surface area contributed by atoms with E-state index in [1.165, 1.54) is 79.7 Å². The van der Waals surface area contributed by atoms with Gasteiger partial charge in [-0.25, -0.2) is 9.59 Å². The van der Waals surface area contributed by atoms with Crippen molar-refractivity contribution in [3.63, 3.8) is 0 Å². The number of ether oxygens (including phenoxy) is 4. The molecule has 0 spiro atoms. The van der Waals surface area contributed by atoms with Crippen molar-refractivity contribution >= 4 is 35.1 Å². The van der Waals surface area contributed by atoms with E-state index in [2.05, 4.69) is 0 Å². The number of esters is 2. The molecule has 5 aromatic rings. The molecule has 0 radical (unpaired) electrons. The smallest absolute Gasteiger partial charge is 0.331 e. The van der Waals surface area contributed by atoms with Gasteiger partial charge in [-0.2, -0.15) is 0 Å². The SMILES string of the molecule is C[C@@H]1O[C@@H](Oc2c(-c3ccc(O)cc3)oc3cc(O)cc(O)c3c2=O)[C@H](OC(=O)/C=C\c2ccc(O)cc2)[C@H](O)[C@H]1OC(=O)/C=C/c1ccc(O)cc1. The van der Waals surface area contributed by atoms with Gasteiger partial charge >= 0.3 is 11.9 Å². The molecule has 0 aliphatic carbocycles. The third-order valence-corrected chi connectivity index (χ3v) is 8.15. The topological polar surface area (TPSA) is 223 Å². The average Bonchev–Trinajstić information content (AvgIpc) is 3.12. The summed E-state index contributed by atoms with van der Waals surface area (Å²) < 4.78 is 29.1. The molecule has 1 aliphatic rings. The highest BCUT2D eigenvalue weighted by atomic mass is 16.7. The summed E-state index contributed by atoms with van der Waals surface area (Å²) in [6.07, 6.45) is -2.93. The number of carbonyl (C=O) groups excluding carboxylic acids is 2. The zero-order chi connectivity index (χ0) is 37.8. The second kappa shape index (κ2) is 15.2. The molecule has 6 N–H and O–H groups in total. The fraction of sp³-hybridized carbons (Fsp3) is 0.154. The Morgan fingerprint density at radius 2 is 1.21 bits per heavy atom. The van der Waals surface area contributed by atoms with E-state index >= 15 is 0 Å². The molecular weight excluding hydrogens is 692 g/mol. The van der Waals surface area contributed by atoms with Gasteiger partial charge in [0.1, 0.15) is 45.8 Å². The molecule has 2 heterocycles. The maximum absolute atomic E-state index is 14.0. The van der Waals surface area contributed by atoms with Gasteiger partial charge in [0.05, 0.1) is 6.10 Å². The lowest BCUT2D eigenvalue weighted by atomic mass is 9.99. The predicted molar refractivity (Wildman–Crippen MR) is 188 cm³/mol. The normalized spacial score (nSPS) is 20.1. The largest absolute Gasteiger partial charge is 0.508 e. The Morgan fingerprint density at radius 3 is 1.75 bits per heavy atom. The number of carbonyl (C=O) groups is 2. The second-order valence-corrected chi connectivity index (χ2v) is 11.9. The Labute approximate surface area is 300 Å². The molecule has 0 saturated carbocycles. The molecule has 1 saturated heterocycles. The molecule has 0 unspecified atom stereocenters. The third kappa shape index (κ3) is 8.25. The second-order valence-electron chi connectivity index (χ2n) is 11.9. The van der Waals surface area contributed by atoms with Crippen molar-refractivity contribution in [1.82, 2.24) is 0 Å². The number of hydrogen-bond acceptors (Lipinski definition) is 14. The lowest BCUT2D eigenvalue weighted by molar-refractivity contribution is -0.275. The first kappa shape index (κ1) is 36.0. The number of phenols is 5. The summed E-state index contributed by atoms with van der Waals surface area (Å²) in [6.45, 7) is 1.45. The molecule has 0 bridgehead atoms. The van der Waals surface area contributed by atoms with Crippen molar-refractivity contribution < 1.29 is 63.6 Å². The molecule has 14 heteroatoms. The van der Waals surface area contributed by atoms with Crippen molar-refractivity contribution in [2.45, 2.75) is 37.6 Å². The molecule has 272 valence electrons. The van der Waals surface area contributed by atoms with Crippen LogP contribution >= 0.6 is 0 Å². The van der Waals surface area contributed by atoms with Crippen molar-refractivity contribution in [2.24, 2.45) is 0 Å². The summed E-state index contributed by atoms with van der Waals surface area (Å²) in [6, 6.07) is 19.3. The van der Waals surface area contributed by atoms with Crippen molar-refractivity contribution in [3.05, 3.63) is 118 Å². The van der Waals surface area contributed by atoms with Gasteiger partial charge in [-0.3, -0.25) is 4.79 Å². The fourth-order valence-corrected chi connectivity index (χ4v) is 5.52. The number of aromatic hydroxyl groups is 5. The van der Waals surface area contributed by atoms with E-state index < -0.39 is 65.3 Å². The van der Waals surface area contributed by atoms with Crippen molar-refractivity contribution in [3.8, 4) is 45.8 Å². The molecule has 0 amide bonds. The maximum Gasteiger partial charge on any atom is 0.331 e. The highest BCUT2D eigenvalue weighted by molar-refractivity contribution is 5.89. The van der Waals surface area contributed by atoms with Gasteiger partial charge in [0.2, 0.25) is 17.5 Å². The maximum atomic E-state index is 14.0. The number of rotatable bonds is 9. The molecule has 5 atom stereocenters. The van der Waals surface area contributed by atoms with Crippen LogP contribution in [0.2, 0.25) is 0 Å². The van der Waals surface area contributed by atoms with Gasteiger partial charge in [0, 0.05) is 29.8 Å². The zero-order valence-electron chi connectivity index (χ0n) is 27.7. The van der Waals surface area contributed by atoms with Crippen LogP contribution < -0.4 is 10.2 Å². The Kier molecular flexibility index (Phi) is 10.4. The molecule has 1 aromatic heterocycles. The predicted octanol–water partition coefficient (Wildman–Crippen LogP) is 4.72. The number of hydrogen-bond donors (Lipinski definition) is 6. The highest BCUT2D eigenvalue weighted by Crippen LogP contribution is 2.38. The van der Waals surface area contributed by atoms with E-state index in [1.807, 2.05) is 0 Å². The monoisotopic (exact) mass is 724 g/mol. The average molecular weight is 725 g/mol. The van der Waals surface area contributed by atoms with Crippen LogP contribution in [-0.2, 0) is 23.8 Å². The van der Waals surface area contributed by atoms with Gasteiger partial charge < -0.3 is 54.0 Å². The molecule has 6 rings (SSSR count). The summed E-state index contributed by atoms with van der Waals surface area (Å²) in [5.74, 6) is -3.77. The minimum absolute atomic E-state index is 0.00905. The number of fused-ring (bicyclic) bond motifs is 1. The molecule has 14 nitrogen and oxygen atoms in total. The van der Waals surface area contributed by atoms with Crippen LogP contribution in [0.1, 0.15) is 18.1 Å². The minimum Gasteiger partial charge on any atom is -0.508 e. The Bertz CT molecular complexity index is 2240. The van der Waals surface area contributed by atoms with E-state index in [-0.39, 0.29) is 39.5 Å². The van der Waals surface area contributed by atoms with Crippen LogP contribution in [-0.4, -0.2) is 73.3 Å². The van der Waals surface area contributed by atoms with Crippen LogP contribution in [0.5, 0.6) is 34.5 Å². The van der Waals surface area contributed by atoms with Crippen LogP contribution in [0.15, 0.2) is 106 Å². The summed E-state index contributed by atoms with van der Waals surface area (Å²) in [7, 11) is 0. The first-order valence-electron chi connectivity index (χ1n) is 16.0. The summed E-state index contributed by atoms with van der Waals surface area (Å²) in [4.78, 5) is 40.0. The Hall–Kier alpha value is -6.77. The molecule has 53 heavy (non-hydrogen) atoms. The van der Waals surface area contributed by atoms with Crippen LogP contribution in [0.25, 0.3) is 34.4 Å². The van der Waals surface area contributed by atoms with E-state index in [0.717, 1.165) is 24.3 Å². The van der Waals surface area contributed by atoms with E-state index in [4.69, 9.17) is 23.4 Å². The molecular formula is C39H32O14. The lowest BCUT2D eigenvalue weighted by Crippen LogP contribution is -2.61. The summed E-state index contributed by atoms with van der Waals surface area (Å²) in [5.41, 5.74) is 0.154. The van der Waals surface area contributed by atoms with E-state index in [1.54, 1.807) is 12.1 Å². The van der Waals surface area contributed by atoms with E-state index in [9.17, 15) is 45.0 Å². The lowest BCUT2D eigenvalue weighted by Gasteiger charge is -2.41. The quantitative estimate of drug-likeness (QED) is 0.0894. The minimum atomic E-state index is -1.80. The number of benzene rings is 4. The van der Waals surface area contributed by atoms with Gasteiger partial charge in [-0.1, -0.05) is 24.3 Å². The van der Waals surface area contributed by atoms with Gasteiger partial charge in [0.25, 0.3) is 0 Å². The Morgan fingerprint density at radius 1 is 0.698 bits per heavy atom. The summed E-state index contributed by atoms with van der Waals surface area (Å²) >= 11 is 0. The van der Waals surface area contributed by atoms with Gasteiger partial charge in [-0.15, -0.1) is 0 Å². The van der Waals surface area contributed by atoms with Crippen LogP contribution in [0, 0.1) is 0 Å². The number of aliphatic hydroxyl groups is 1. The van der Waals surface area contributed by atoms with Gasteiger partial charge in [-0.05, 0) is 78.7 Å². The third-order valence-electron chi connectivity index (χ3n) is 8.15. The fourth-order valence-electron chi connectivity index (χ4n) is 5.52. The van der Waals surface area contributed by atoms with E-state index in [0.29, 0.717) is 11.1 Å². The van der Waals surface area contributed by atoms with Crippen LogP contribution in [0.3, 0.4) is 0 Å². The number of aliphatic hydroxyl groups excluding tert-OH is 1. The molecule has 1 fully saturated rings. The molecule has 1 aliphatic heterocycles. The summed E-state index contributed by atoms with van der Waals surface area (Å²) in [5, 5.41) is 60.8. The van der Waals surface area contributed by atoms with Crippen molar-refractivity contribution in [2.75, 3.05) is 0 Å². The highest BCUT2D eigenvalue weighted by Gasteiger charge is 2.49. The number of phenolic OH excluding ortho intramolecular Hbond substituents is 5. The van der Waals surface area contributed by atoms with Crippen molar-refractivity contribution in [1.29, 1.82) is 0 Å². The first-order chi connectivity index (χ1) is 25.4. The Balaban J connectivity index is 1.35.